The molecule has 128 valence electrons. The second-order valence-electron chi connectivity index (χ2n) is 6.00. The van der Waals surface area contributed by atoms with Crippen molar-refractivity contribution in [2.24, 2.45) is 0 Å². The summed E-state index contributed by atoms with van der Waals surface area (Å²) in [4.78, 5) is 23.5. The summed E-state index contributed by atoms with van der Waals surface area (Å²) < 4.78 is 5.77. The Morgan fingerprint density at radius 2 is 1.73 bits per heavy atom. The molecule has 4 rings (SSSR count). The molecule has 26 heavy (non-hydrogen) atoms. The second-order valence-corrected chi connectivity index (χ2v) is 6.00. The van der Waals surface area contributed by atoms with Gasteiger partial charge >= 0.3 is 5.97 Å². The summed E-state index contributed by atoms with van der Waals surface area (Å²) in [6.07, 6.45) is 0. The lowest BCUT2D eigenvalue weighted by Crippen LogP contribution is -2.40. The Hall–Kier alpha value is -3.64. The van der Waals surface area contributed by atoms with Crippen molar-refractivity contribution in [3.63, 3.8) is 0 Å². The van der Waals surface area contributed by atoms with Crippen molar-refractivity contribution in [1.29, 1.82) is 0 Å². The minimum absolute atomic E-state index is 0.0105. The van der Waals surface area contributed by atoms with Crippen LogP contribution in [0.15, 0.2) is 63.8 Å². The maximum atomic E-state index is 11.8. The van der Waals surface area contributed by atoms with Gasteiger partial charge in [0, 0.05) is 34.7 Å². The third-order valence-corrected chi connectivity index (χ3v) is 4.26. The maximum Gasteiger partial charge on any atom is 0.336 e. The molecule has 0 spiro atoms. The third-order valence-electron chi connectivity index (χ3n) is 4.26. The smallest absolute Gasteiger partial charge is 0.336 e. The Bertz CT molecular complexity index is 1210. The number of carboxylic acid groups (broad SMARTS) is 1. The second kappa shape index (κ2) is 5.72. The number of hydrogen-bond donors (Lipinski definition) is 3. The van der Waals surface area contributed by atoms with Crippen LogP contribution in [0.25, 0.3) is 33.4 Å². The van der Waals surface area contributed by atoms with E-state index in [0.717, 1.165) is 0 Å². The van der Waals surface area contributed by atoms with E-state index in [1.54, 1.807) is 24.3 Å². The largest absolute Gasteiger partial charge is 0.508 e. The fourth-order valence-corrected chi connectivity index (χ4v) is 3.14. The maximum absolute atomic E-state index is 11.8. The molecule has 0 saturated heterocycles. The van der Waals surface area contributed by atoms with Crippen molar-refractivity contribution >= 4 is 22.6 Å². The number of hydrogen-bond acceptors (Lipinski definition) is 4. The molecule has 0 unspecified atom stereocenters. The molecule has 1 heterocycles. The predicted molar refractivity (Wildman–Crippen MR) is 95.7 cm³/mol. The number of carboxylic acids is 1. The molecule has 0 fully saturated rings. The molecule has 2 aromatic rings. The van der Waals surface area contributed by atoms with E-state index >= 15 is 0 Å². The van der Waals surface area contributed by atoms with Gasteiger partial charge in [-0.05, 0) is 42.0 Å². The Labute approximate surface area is 147 Å². The van der Waals surface area contributed by atoms with Gasteiger partial charge in [-0.25, -0.2) is 4.79 Å². The average Bonchev–Trinajstić information content (AvgIpc) is 2.59. The van der Waals surface area contributed by atoms with Gasteiger partial charge < -0.3 is 20.4 Å². The summed E-state index contributed by atoms with van der Waals surface area (Å²) in [7, 11) is 0. The molecule has 0 atom stereocenters. The predicted octanol–water partition coefficient (Wildman–Crippen LogP) is 2.84. The van der Waals surface area contributed by atoms with E-state index in [4.69, 9.17) is 4.42 Å². The quantitative estimate of drug-likeness (QED) is 0.482. The highest BCUT2D eigenvalue weighted by Gasteiger charge is 2.22. The Balaban J connectivity index is 2.21. The standard InChI is InChI=1S/C20H13NO5/c21-10-1-4-13(16(7-10)20(24)25)19-14-5-2-11(22)8-17(14)26-18-9-12(23)3-6-15(18)19/h1-9,22H,21H2,(H,24,25)/p+1. The van der Waals surface area contributed by atoms with Gasteiger partial charge in [0.1, 0.15) is 22.8 Å². The molecule has 1 aliphatic carbocycles. The first-order valence-corrected chi connectivity index (χ1v) is 7.83. The number of rotatable bonds is 2. The lowest BCUT2D eigenvalue weighted by atomic mass is 9.90. The zero-order valence-corrected chi connectivity index (χ0v) is 13.5. The van der Waals surface area contributed by atoms with Crippen LogP contribution in [0.1, 0.15) is 10.4 Å². The third kappa shape index (κ3) is 2.49. The van der Waals surface area contributed by atoms with Gasteiger partial charge in [0.2, 0.25) is 0 Å². The van der Waals surface area contributed by atoms with Gasteiger partial charge in [-0.15, -0.1) is 0 Å². The topological polar surface area (TPSA) is 115 Å². The number of benzene rings is 3. The first-order chi connectivity index (χ1) is 12.4. The Kier molecular flexibility index (Phi) is 3.49. The Morgan fingerprint density at radius 3 is 2.50 bits per heavy atom. The first kappa shape index (κ1) is 15.9. The summed E-state index contributed by atoms with van der Waals surface area (Å²) >= 11 is 0. The van der Waals surface area contributed by atoms with Crippen molar-refractivity contribution in [1.82, 2.24) is 0 Å². The fourth-order valence-electron chi connectivity index (χ4n) is 3.14. The van der Waals surface area contributed by atoms with E-state index in [-0.39, 0.29) is 16.7 Å². The number of phenols is 1. The molecule has 1 aliphatic heterocycles. The summed E-state index contributed by atoms with van der Waals surface area (Å²) in [5.41, 5.74) is 6.33. The van der Waals surface area contributed by atoms with Gasteiger partial charge in [0.05, 0.1) is 5.56 Å². The summed E-state index contributed by atoms with van der Waals surface area (Å²) in [6.45, 7) is 0. The van der Waals surface area contributed by atoms with E-state index < -0.39 is 5.97 Å². The molecule has 0 saturated carbocycles. The normalized spacial score (nSPS) is 11.1. The highest BCUT2D eigenvalue weighted by molar-refractivity contribution is 6.07. The van der Waals surface area contributed by atoms with Crippen LogP contribution in [-0.2, 0) is 0 Å². The van der Waals surface area contributed by atoms with E-state index in [1.165, 1.54) is 30.3 Å². The lowest BCUT2D eigenvalue weighted by molar-refractivity contribution is -0.254. The summed E-state index contributed by atoms with van der Waals surface area (Å²) in [6, 6.07) is 13.9. The molecule has 5 N–H and O–H groups in total. The molecule has 0 radical (unpaired) electrons. The molecule has 0 aromatic heterocycles. The molecular formula is C20H14NO5+. The van der Waals surface area contributed by atoms with Gasteiger partial charge in [-0.3, -0.25) is 4.79 Å². The first-order valence-electron chi connectivity index (χ1n) is 7.83. The van der Waals surface area contributed by atoms with Crippen molar-refractivity contribution in [3.05, 3.63) is 70.4 Å². The molecule has 6 heteroatoms. The van der Waals surface area contributed by atoms with E-state index in [1.807, 2.05) is 0 Å². The van der Waals surface area contributed by atoms with Crippen LogP contribution < -0.4 is 11.2 Å². The van der Waals surface area contributed by atoms with Crippen LogP contribution in [0.3, 0.4) is 0 Å². The lowest BCUT2D eigenvalue weighted by Gasteiger charge is -2.16. The molecule has 2 aliphatic rings. The number of aromatic hydroxyl groups is 1. The molecule has 6 nitrogen and oxygen atoms in total. The van der Waals surface area contributed by atoms with Crippen LogP contribution in [0.5, 0.6) is 5.75 Å². The molecule has 0 bridgehead atoms. The SMILES string of the molecule is [NH3+]c1ccc(-c2c3ccc(=O)cc-3oc3cc(O)ccc23)c(C(=O)O)c1. The number of phenolic OH excluding ortho intramolecular Hbond substituents is 1. The zero-order chi connectivity index (χ0) is 18.4. The fraction of sp³-hybridized carbons (Fsp3) is 0. The highest BCUT2D eigenvalue weighted by Crippen LogP contribution is 2.42. The molecule has 0 amide bonds. The van der Waals surface area contributed by atoms with Crippen LogP contribution in [0.2, 0.25) is 0 Å². The average molecular weight is 348 g/mol. The number of quaternary nitrogens is 1. The van der Waals surface area contributed by atoms with E-state index in [0.29, 0.717) is 39.1 Å². The molecule has 2 aromatic carbocycles. The minimum atomic E-state index is -1.08. The van der Waals surface area contributed by atoms with Crippen molar-refractivity contribution < 1.29 is 25.2 Å². The van der Waals surface area contributed by atoms with E-state index in [9.17, 15) is 19.8 Å². The number of aromatic carboxylic acids is 1. The minimum Gasteiger partial charge on any atom is -0.508 e. The van der Waals surface area contributed by atoms with Crippen LogP contribution in [0, 0.1) is 0 Å². The van der Waals surface area contributed by atoms with Crippen LogP contribution in [0.4, 0.5) is 5.69 Å². The monoisotopic (exact) mass is 348 g/mol. The van der Waals surface area contributed by atoms with Crippen molar-refractivity contribution in [2.75, 3.05) is 0 Å². The van der Waals surface area contributed by atoms with Crippen LogP contribution >= 0.6 is 0 Å². The van der Waals surface area contributed by atoms with Gasteiger partial charge in [0.25, 0.3) is 0 Å². The molecular weight excluding hydrogens is 334 g/mol. The number of fused-ring (bicyclic) bond motifs is 2. The van der Waals surface area contributed by atoms with Crippen molar-refractivity contribution in [3.8, 4) is 28.2 Å². The van der Waals surface area contributed by atoms with Gasteiger partial charge in [0.15, 0.2) is 5.43 Å². The van der Waals surface area contributed by atoms with Crippen molar-refractivity contribution in [2.45, 2.75) is 0 Å². The van der Waals surface area contributed by atoms with Gasteiger partial charge in [-0.2, -0.15) is 0 Å². The summed E-state index contributed by atoms with van der Waals surface area (Å²) in [5.74, 6) is -0.746. The van der Waals surface area contributed by atoms with Crippen LogP contribution in [-0.4, -0.2) is 16.2 Å². The Morgan fingerprint density at radius 1 is 0.962 bits per heavy atom. The van der Waals surface area contributed by atoms with E-state index in [2.05, 4.69) is 5.73 Å². The van der Waals surface area contributed by atoms with Gasteiger partial charge in [-0.1, -0.05) is 0 Å². The number of carbonyl (C=O) groups is 1. The zero-order valence-electron chi connectivity index (χ0n) is 13.5. The summed E-state index contributed by atoms with van der Waals surface area (Å²) in [5, 5.41) is 20.0. The highest BCUT2D eigenvalue weighted by atomic mass is 16.4.